The molecule has 0 atom stereocenters. The number of rotatable bonds is 12. The van der Waals surface area contributed by atoms with E-state index in [4.69, 9.17) is 11.8 Å². The number of pyridine rings is 3. The SMILES string of the molecule is Cc1cc(C)c(-c2nccn2C)[c-]c1-c1nccn1C.Cc1cc(C)c(-c2nccn2C)[c-]c1-c1nccn1C.Cn1ccnc1-c1[c-]c(-c2nccn2C)c(F)cc1F.Cn1ccnc1-c1[c-]c(-c2nccn2C)ccc1.[C-]#N.[Ir+3].[IrH+2].[IrH+2].[IrH+2].[c-]1ccccc1-c1ccccn1.[c-]1ccccc1-c1ccccn1.[c-]1ccccc1-c1ccccn1.[c-]1ccccc1-n1cccn1. The molecule has 0 saturated heterocycles. The van der Waals surface area contributed by atoms with E-state index in [0.29, 0.717) is 11.6 Å². The fourth-order valence-electron chi connectivity index (χ4n) is 13.1. The number of para-hydroxylation sites is 1. The Morgan fingerprint density at radius 3 is 0.771 bits per heavy atom. The molecule has 0 aliphatic rings. The van der Waals surface area contributed by atoms with Crippen molar-refractivity contribution in [2.45, 2.75) is 27.7 Å². The first-order valence-corrected chi connectivity index (χ1v) is 40.0. The van der Waals surface area contributed by atoms with Gasteiger partial charge in [-0.1, -0.05) is 104 Å². The summed E-state index contributed by atoms with van der Waals surface area (Å²) in [5.74, 6) is 4.91. The molecule has 0 unspecified atom stereocenters. The van der Waals surface area contributed by atoms with Crippen LogP contribution in [-0.2, 0) is 137 Å². The molecule has 0 bridgehead atoms. The third-order valence-corrected chi connectivity index (χ3v) is 19.5. The number of imidazole rings is 8. The minimum atomic E-state index is -0.699. The molecule has 12 aromatic heterocycles. The number of hydrogen-bond acceptors (Lipinski definition) is 13. The van der Waals surface area contributed by atoms with Gasteiger partial charge >= 0.3 is 80.4 Å². The van der Waals surface area contributed by atoms with Gasteiger partial charge in [0, 0.05) is 187 Å². The molecule has 20 aromatic rings. The van der Waals surface area contributed by atoms with Crippen molar-refractivity contribution in [1.29, 1.82) is 5.26 Å². The van der Waals surface area contributed by atoms with Gasteiger partial charge in [0.2, 0.25) is 0 Å². The first-order chi connectivity index (χ1) is 61.8. The second-order valence-corrected chi connectivity index (χ2v) is 28.5. The van der Waals surface area contributed by atoms with Crippen LogP contribution in [-0.4, -0.2) is 101 Å². The molecule has 0 saturated carbocycles. The molecule has 0 N–H and O–H groups in total. The second kappa shape index (κ2) is 51.3. The van der Waals surface area contributed by atoms with E-state index in [1.165, 1.54) is 22.3 Å². The molecule has 8 aromatic carbocycles. The maximum atomic E-state index is 14.0. The molecular weight excluding hydrogens is 2350 g/mol. The van der Waals surface area contributed by atoms with E-state index in [1.54, 1.807) is 89.9 Å². The fourth-order valence-corrected chi connectivity index (χ4v) is 13.1. The Balaban J connectivity index is 0.000000185. The topological polar surface area (TPSA) is 223 Å². The molecule has 20 rings (SSSR count). The standard InChI is InChI=1S/2C16H17N4.C14H11F2N4.C14H13N4.3C11H8N.C9H7N2.CN.4Ir.3H/c2*1-11-9-12(2)14(16-18-6-8-20(16)4)10-13(11)15-17-5-7-19(15)3;1-19-5-3-17-13(19)9-7-10(12(16)8-11(9)15)14-18-4-6-20(14)2;1-17-8-6-15-13(17)11-4-3-5-12(10-11)14-16-7-9-18(14)2;3*1-2-6-10(7-3-1)11-8-4-5-9-12-11;1-2-5-9(6-3-1)11-8-4-7-10-11;1-2;;;;;;;/h2*5-9H,1-4H3;3-6,8H,1-2H3;3-9H,1-2H3;3*1-6,8-9H;1-5,7-8H;;;;;;;;/q9*-1;3*+2;+3;;;. The zero-order valence-corrected chi connectivity index (χ0v) is 83.6. The average molecular weight is 2440 g/mol. The zero-order chi connectivity index (χ0) is 89.6. The van der Waals surface area contributed by atoms with Gasteiger partial charge in [-0.2, -0.15) is 29.4 Å². The average Bonchev–Trinajstić information content (AvgIpc) is 1.70. The van der Waals surface area contributed by atoms with Crippen LogP contribution in [0.4, 0.5) is 8.78 Å². The predicted octanol–water partition coefficient (Wildman–Crippen LogP) is 19.3. The fraction of sp³-hybridized carbons (Fsp3) is 0.117. The van der Waals surface area contributed by atoms with Crippen molar-refractivity contribution in [3.05, 3.63) is 413 Å². The van der Waals surface area contributed by atoms with Crippen molar-refractivity contribution in [3.63, 3.8) is 0 Å². The summed E-state index contributed by atoms with van der Waals surface area (Å²) >= 11 is 0. The zero-order valence-electron chi connectivity index (χ0n) is 73.6. The third-order valence-electron chi connectivity index (χ3n) is 19.5. The molecule has 12 heterocycles. The Labute approximate surface area is 816 Å². The van der Waals surface area contributed by atoms with Crippen molar-refractivity contribution < 1.29 is 89.2 Å². The van der Waals surface area contributed by atoms with Crippen LogP contribution in [0.2, 0.25) is 0 Å². The Morgan fingerprint density at radius 2 is 0.527 bits per heavy atom. The number of aromatic nitrogens is 21. The van der Waals surface area contributed by atoms with E-state index < -0.39 is 11.6 Å². The molecule has 0 amide bonds. The number of hydrogen-bond donors (Lipinski definition) is 0. The van der Waals surface area contributed by atoms with Crippen molar-refractivity contribution in [3.8, 4) is 131 Å². The van der Waals surface area contributed by atoms with Crippen LogP contribution < -0.4 is 0 Å². The van der Waals surface area contributed by atoms with E-state index in [9.17, 15) is 8.78 Å². The van der Waals surface area contributed by atoms with Crippen LogP contribution in [0.15, 0.2) is 324 Å². The van der Waals surface area contributed by atoms with Crippen LogP contribution in [0, 0.1) is 99.7 Å². The molecule has 0 fully saturated rings. The molecule has 0 spiro atoms. The number of nitrogens with zero attached hydrogens (tertiary/aromatic N) is 22. The number of benzene rings is 8. The second-order valence-electron chi connectivity index (χ2n) is 28.5. The Kier molecular flexibility index (Phi) is 40.1. The molecule has 22 nitrogen and oxygen atoms in total. The van der Waals surface area contributed by atoms with Gasteiger partial charge in [-0.25, -0.2) is 0 Å². The molecule has 3 radical (unpaired) electrons. The van der Waals surface area contributed by atoms with Gasteiger partial charge in [0.05, 0.1) is 58.2 Å². The Hall–Kier alpha value is -14.0. The molecule has 28 heteroatoms. The minimum Gasteiger partial charge on any atom is -0.305 e. The molecule has 131 heavy (non-hydrogen) atoms. The van der Waals surface area contributed by atoms with Crippen molar-refractivity contribution in [2.24, 2.45) is 56.4 Å². The number of aryl methyl sites for hydroxylation is 12. The molecule has 0 aliphatic heterocycles. The van der Waals surface area contributed by atoms with Crippen LogP contribution in [0.1, 0.15) is 22.3 Å². The van der Waals surface area contributed by atoms with Gasteiger partial charge in [0.25, 0.3) is 0 Å². The van der Waals surface area contributed by atoms with E-state index in [-0.39, 0.29) is 91.5 Å². The molecule has 664 valence electrons. The molecule has 0 aliphatic carbocycles. The monoisotopic (exact) mass is 2450 g/mol. The summed E-state index contributed by atoms with van der Waals surface area (Å²) in [5, 5.41) is 10.3. The Morgan fingerprint density at radius 1 is 0.260 bits per heavy atom. The van der Waals surface area contributed by atoms with E-state index in [1.807, 2.05) is 314 Å². The van der Waals surface area contributed by atoms with Gasteiger partial charge < -0.3 is 63.3 Å². The smallest absolute Gasteiger partial charge is 0.0493 e. The van der Waals surface area contributed by atoms with Gasteiger partial charge in [0.1, 0.15) is 0 Å². The van der Waals surface area contributed by atoms with E-state index >= 15 is 0 Å². The van der Waals surface area contributed by atoms with Crippen LogP contribution in [0.5, 0.6) is 0 Å². The van der Waals surface area contributed by atoms with Crippen LogP contribution in [0.25, 0.3) is 131 Å². The van der Waals surface area contributed by atoms with Gasteiger partial charge in [-0.3, -0.25) is 53.3 Å². The summed E-state index contributed by atoms with van der Waals surface area (Å²) in [6.07, 6.45) is 37.9. The number of halogens is 2. The van der Waals surface area contributed by atoms with Gasteiger partial charge in [-0.15, -0.1) is 191 Å². The largest absolute Gasteiger partial charge is 0.305 e. The van der Waals surface area contributed by atoms with Gasteiger partial charge in [0.15, 0.2) is 0 Å². The molecular formula is C103H92F2Ir4N22. The first-order valence-electron chi connectivity index (χ1n) is 40.0. The van der Waals surface area contributed by atoms with Crippen molar-refractivity contribution in [2.75, 3.05) is 0 Å². The van der Waals surface area contributed by atoms with Crippen LogP contribution >= 0.6 is 0 Å². The third kappa shape index (κ3) is 27.3. The quantitative estimate of drug-likeness (QED) is 0.104. The summed E-state index contributed by atoms with van der Waals surface area (Å²) in [7, 11) is 15.4. The maximum Gasteiger partial charge on any atom is 0.0493 e. The first kappa shape index (κ1) is 102. The summed E-state index contributed by atoms with van der Waals surface area (Å²) in [6, 6.07) is 87.5. The maximum absolute atomic E-state index is 14.0. The van der Waals surface area contributed by atoms with E-state index in [0.717, 1.165) is 114 Å². The summed E-state index contributed by atoms with van der Waals surface area (Å²) in [6.45, 7) is 13.1. The predicted molar refractivity (Wildman–Crippen MR) is 495 cm³/mol. The summed E-state index contributed by atoms with van der Waals surface area (Å²) < 4.78 is 45.0. The van der Waals surface area contributed by atoms with E-state index in [2.05, 4.69) is 148 Å². The normalized spacial score (nSPS) is 10.0. The van der Waals surface area contributed by atoms with Gasteiger partial charge in [-0.05, 0) is 58.2 Å². The van der Waals surface area contributed by atoms with Crippen molar-refractivity contribution >= 4 is 0 Å². The Bertz CT molecular complexity index is 5950. The summed E-state index contributed by atoms with van der Waals surface area (Å²) in [5.41, 5.74) is 18.0. The van der Waals surface area contributed by atoms with Crippen molar-refractivity contribution in [1.82, 2.24) is 101 Å². The minimum absolute atomic E-state index is 0. The van der Waals surface area contributed by atoms with Crippen LogP contribution in [0.3, 0.4) is 0 Å². The summed E-state index contributed by atoms with van der Waals surface area (Å²) in [4.78, 5) is 47.2.